The summed E-state index contributed by atoms with van der Waals surface area (Å²) in [6, 6.07) is 11.0. The average Bonchev–Trinajstić information content (AvgIpc) is 2.56. The van der Waals surface area contributed by atoms with Gasteiger partial charge in [0.2, 0.25) is 0 Å². The minimum Gasteiger partial charge on any atom is -0.315 e. The number of carbonyl (C=O) groups excluding carboxylic acids is 1. The molecule has 0 saturated heterocycles. The van der Waals surface area contributed by atoms with Gasteiger partial charge in [-0.15, -0.1) is 0 Å². The highest BCUT2D eigenvalue weighted by Crippen LogP contribution is 2.16. The number of nitrogens with zero attached hydrogens (tertiary/aromatic N) is 1. The van der Waals surface area contributed by atoms with E-state index >= 15 is 0 Å². The van der Waals surface area contributed by atoms with Crippen LogP contribution in [0.4, 0.5) is 0 Å². The van der Waals surface area contributed by atoms with Crippen LogP contribution in [0, 0.1) is 0 Å². The Kier molecular flexibility index (Phi) is 6.14. The van der Waals surface area contributed by atoms with Gasteiger partial charge in [-0.25, -0.2) is 5.48 Å². The highest BCUT2D eigenvalue weighted by molar-refractivity contribution is 6.31. The number of rotatable bonds is 6. The first kappa shape index (κ1) is 17.0. The van der Waals surface area contributed by atoms with Crippen LogP contribution in [0.15, 0.2) is 53.5 Å². The lowest BCUT2D eigenvalue weighted by Gasteiger charge is -2.07. The zero-order chi connectivity index (χ0) is 16.7. The van der Waals surface area contributed by atoms with Gasteiger partial charge in [-0.1, -0.05) is 29.8 Å². The van der Waals surface area contributed by atoms with Gasteiger partial charge in [0.15, 0.2) is 0 Å². The van der Waals surface area contributed by atoms with Crippen LogP contribution < -0.4 is 11.0 Å². The standard InChI is InChI=1S/C17H17ClN2O3/c18-15-8-2-1-5-13(15)6-3-11-20-12-4-7-14(17(20)22)9-10-16(21)19-23/h1-2,4-5,7-10,12,23H,3,6,11H2,(H,19,21)/b10-9+. The highest BCUT2D eigenvalue weighted by Gasteiger charge is 2.03. The van der Waals surface area contributed by atoms with Crippen molar-refractivity contribution >= 4 is 23.6 Å². The summed E-state index contributed by atoms with van der Waals surface area (Å²) in [6.07, 6.45) is 5.73. The molecule has 6 heteroatoms. The number of hydrogen-bond donors (Lipinski definition) is 2. The molecule has 120 valence electrons. The molecule has 0 aliphatic carbocycles. The Morgan fingerprint density at radius 3 is 2.78 bits per heavy atom. The lowest BCUT2D eigenvalue weighted by atomic mass is 10.1. The molecular formula is C17H17ClN2O3. The molecule has 2 aromatic rings. The summed E-state index contributed by atoms with van der Waals surface area (Å²) in [5.74, 6) is -0.682. The Morgan fingerprint density at radius 1 is 1.26 bits per heavy atom. The molecule has 2 N–H and O–H groups in total. The smallest absolute Gasteiger partial charge is 0.267 e. The van der Waals surface area contributed by atoms with Crippen LogP contribution in [0.1, 0.15) is 17.5 Å². The molecule has 0 aliphatic rings. The molecule has 1 heterocycles. The van der Waals surface area contributed by atoms with Crippen molar-refractivity contribution in [2.24, 2.45) is 0 Å². The van der Waals surface area contributed by atoms with Gasteiger partial charge in [-0.2, -0.15) is 0 Å². The number of hydrogen-bond acceptors (Lipinski definition) is 3. The molecule has 5 nitrogen and oxygen atoms in total. The maximum atomic E-state index is 12.3. The lowest BCUT2D eigenvalue weighted by Crippen LogP contribution is -2.22. The van der Waals surface area contributed by atoms with Gasteiger partial charge in [0.25, 0.3) is 11.5 Å². The van der Waals surface area contributed by atoms with Crippen molar-refractivity contribution in [3.05, 3.63) is 75.2 Å². The van der Waals surface area contributed by atoms with E-state index in [2.05, 4.69) is 0 Å². The maximum absolute atomic E-state index is 12.3. The van der Waals surface area contributed by atoms with Crippen LogP contribution >= 0.6 is 11.6 Å². The molecule has 1 aromatic carbocycles. The predicted octanol–water partition coefficient (Wildman–Crippen LogP) is 2.65. The molecule has 0 unspecified atom stereocenters. The van der Waals surface area contributed by atoms with E-state index in [9.17, 15) is 9.59 Å². The first-order chi connectivity index (χ1) is 11.1. The van der Waals surface area contributed by atoms with Crippen molar-refractivity contribution in [2.75, 3.05) is 0 Å². The maximum Gasteiger partial charge on any atom is 0.267 e. The molecule has 0 saturated carbocycles. The second kappa shape index (κ2) is 8.31. The number of amides is 1. The Hall–Kier alpha value is -2.37. The third-order valence-electron chi connectivity index (χ3n) is 3.38. The summed E-state index contributed by atoms with van der Waals surface area (Å²) in [6.45, 7) is 0.554. The van der Waals surface area contributed by atoms with Crippen LogP contribution in [0.5, 0.6) is 0 Å². The minimum atomic E-state index is -0.682. The van der Waals surface area contributed by atoms with Gasteiger partial charge < -0.3 is 4.57 Å². The fourth-order valence-electron chi connectivity index (χ4n) is 2.20. The summed E-state index contributed by atoms with van der Waals surface area (Å²) in [4.78, 5) is 23.2. The van der Waals surface area contributed by atoms with Crippen molar-refractivity contribution in [1.82, 2.24) is 10.0 Å². The number of pyridine rings is 1. The summed E-state index contributed by atoms with van der Waals surface area (Å²) < 4.78 is 1.59. The summed E-state index contributed by atoms with van der Waals surface area (Å²) in [5.41, 5.74) is 2.73. The number of aromatic nitrogens is 1. The van der Waals surface area contributed by atoms with Gasteiger partial charge in [-0.3, -0.25) is 14.8 Å². The summed E-state index contributed by atoms with van der Waals surface area (Å²) in [7, 11) is 0. The summed E-state index contributed by atoms with van der Waals surface area (Å²) >= 11 is 6.11. The fourth-order valence-corrected chi connectivity index (χ4v) is 2.43. The van der Waals surface area contributed by atoms with E-state index in [0.717, 1.165) is 29.5 Å². The lowest BCUT2D eigenvalue weighted by molar-refractivity contribution is -0.124. The van der Waals surface area contributed by atoms with Gasteiger partial charge in [0.1, 0.15) is 0 Å². The van der Waals surface area contributed by atoms with Crippen molar-refractivity contribution in [3.8, 4) is 0 Å². The van der Waals surface area contributed by atoms with Gasteiger partial charge in [-0.05, 0) is 42.7 Å². The number of aryl methyl sites for hydroxylation is 2. The predicted molar refractivity (Wildman–Crippen MR) is 89.4 cm³/mol. The fraction of sp³-hybridized carbons (Fsp3) is 0.176. The van der Waals surface area contributed by atoms with E-state index in [1.54, 1.807) is 22.9 Å². The van der Waals surface area contributed by atoms with Gasteiger partial charge in [0, 0.05) is 29.4 Å². The van der Waals surface area contributed by atoms with E-state index in [4.69, 9.17) is 16.8 Å². The molecule has 1 amide bonds. The van der Waals surface area contributed by atoms with Crippen molar-refractivity contribution in [1.29, 1.82) is 0 Å². The van der Waals surface area contributed by atoms with Crippen LogP contribution in [-0.4, -0.2) is 15.7 Å². The van der Waals surface area contributed by atoms with E-state index in [1.807, 2.05) is 24.3 Å². The topological polar surface area (TPSA) is 71.3 Å². The number of benzene rings is 1. The Balaban J connectivity index is 2.04. The quantitative estimate of drug-likeness (QED) is 0.485. The molecule has 0 bridgehead atoms. The first-order valence-electron chi connectivity index (χ1n) is 7.17. The van der Waals surface area contributed by atoms with Gasteiger partial charge in [0.05, 0.1) is 0 Å². The number of halogens is 1. The van der Waals surface area contributed by atoms with Crippen LogP contribution in [0.2, 0.25) is 5.02 Å². The van der Waals surface area contributed by atoms with Crippen molar-refractivity contribution in [3.63, 3.8) is 0 Å². The largest absolute Gasteiger partial charge is 0.315 e. The summed E-state index contributed by atoms with van der Waals surface area (Å²) in [5, 5.41) is 9.17. The van der Waals surface area contributed by atoms with Crippen molar-refractivity contribution in [2.45, 2.75) is 19.4 Å². The molecule has 0 aliphatic heterocycles. The molecule has 0 spiro atoms. The minimum absolute atomic E-state index is 0.186. The van der Waals surface area contributed by atoms with E-state index < -0.39 is 5.91 Å². The monoisotopic (exact) mass is 332 g/mol. The molecule has 2 rings (SSSR count). The van der Waals surface area contributed by atoms with Crippen molar-refractivity contribution < 1.29 is 10.0 Å². The Labute approximate surface area is 138 Å². The Morgan fingerprint density at radius 2 is 2.04 bits per heavy atom. The molecule has 1 aromatic heterocycles. The molecule has 0 radical (unpaired) electrons. The third-order valence-corrected chi connectivity index (χ3v) is 3.75. The zero-order valence-corrected chi connectivity index (χ0v) is 13.2. The van der Waals surface area contributed by atoms with E-state index in [0.29, 0.717) is 12.1 Å². The first-order valence-corrected chi connectivity index (χ1v) is 7.54. The van der Waals surface area contributed by atoms with Crippen LogP contribution in [0.25, 0.3) is 6.08 Å². The van der Waals surface area contributed by atoms with Gasteiger partial charge >= 0.3 is 0 Å². The van der Waals surface area contributed by atoms with Crippen LogP contribution in [0.3, 0.4) is 0 Å². The SMILES string of the molecule is O=C(/C=C/c1cccn(CCCc2ccccc2Cl)c1=O)NO. The van der Waals surface area contributed by atoms with E-state index in [1.165, 1.54) is 11.6 Å². The highest BCUT2D eigenvalue weighted by atomic mass is 35.5. The average molecular weight is 333 g/mol. The Bertz CT molecular complexity index is 768. The molecular weight excluding hydrogens is 316 g/mol. The second-order valence-electron chi connectivity index (χ2n) is 4.97. The molecule has 0 atom stereocenters. The normalized spacial score (nSPS) is 10.9. The number of carbonyl (C=O) groups is 1. The number of nitrogens with one attached hydrogen (secondary N) is 1. The molecule has 0 fully saturated rings. The second-order valence-corrected chi connectivity index (χ2v) is 5.37. The zero-order valence-electron chi connectivity index (χ0n) is 12.4. The number of hydroxylamine groups is 1. The van der Waals surface area contributed by atoms with Crippen LogP contribution in [-0.2, 0) is 17.8 Å². The third kappa shape index (κ3) is 4.81. The van der Waals surface area contributed by atoms with E-state index in [-0.39, 0.29) is 5.56 Å². The molecule has 23 heavy (non-hydrogen) atoms.